The Kier molecular flexibility index (Phi) is 1.88. The molecule has 94 valence electrons. The van der Waals surface area contributed by atoms with Crippen LogP contribution in [0.4, 0.5) is 0 Å². The predicted octanol–water partition coefficient (Wildman–Crippen LogP) is 2.87. The van der Waals surface area contributed by atoms with Crippen molar-refractivity contribution >= 4 is 5.97 Å². The van der Waals surface area contributed by atoms with Crippen LogP contribution in [-0.4, -0.2) is 12.6 Å². The minimum absolute atomic E-state index is 0.123. The summed E-state index contributed by atoms with van der Waals surface area (Å²) in [5.41, 5.74) is -0.123. The quantitative estimate of drug-likeness (QED) is 0.602. The molecule has 0 N–H and O–H groups in total. The lowest BCUT2D eigenvalue weighted by molar-refractivity contribution is -0.152. The number of esters is 1. The van der Waals surface area contributed by atoms with Crippen LogP contribution in [0.2, 0.25) is 0 Å². The molecule has 0 aromatic heterocycles. The monoisotopic (exact) mass is 234 g/mol. The maximum atomic E-state index is 12.2. The Hall–Kier alpha value is -0.530. The Bertz CT molecular complexity index is 377. The molecule has 3 aliphatic carbocycles. The summed E-state index contributed by atoms with van der Waals surface area (Å²) in [5, 5.41) is 0. The van der Waals surface area contributed by atoms with Crippen molar-refractivity contribution in [1.29, 1.82) is 0 Å². The van der Waals surface area contributed by atoms with Gasteiger partial charge in [-0.05, 0) is 55.8 Å². The third-order valence-corrected chi connectivity index (χ3v) is 6.49. The molecule has 2 nitrogen and oxygen atoms in total. The standard InChI is InChI=1S/C15H22O2/c1-8-3-4-12-10(5-8)9-6-11(9)13-7-17-14(16)15(12,13)2/h8-13H,3-7H2,1-2H3. The van der Waals surface area contributed by atoms with E-state index in [2.05, 4.69) is 13.8 Å². The highest BCUT2D eigenvalue weighted by molar-refractivity contribution is 5.79. The van der Waals surface area contributed by atoms with Crippen molar-refractivity contribution in [3.63, 3.8) is 0 Å². The number of fused-ring (bicyclic) bond motifs is 6. The van der Waals surface area contributed by atoms with E-state index in [1.165, 1.54) is 25.7 Å². The van der Waals surface area contributed by atoms with Crippen LogP contribution in [0.1, 0.15) is 39.5 Å². The SMILES string of the molecule is CC1CCC2C(C1)C1CC1C1COC(=O)C21C. The van der Waals surface area contributed by atoms with Crippen LogP contribution in [0.25, 0.3) is 0 Å². The number of carbonyl (C=O) groups is 1. The van der Waals surface area contributed by atoms with Gasteiger partial charge < -0.3 is 4.74 Å². The molecular weight excluding hydrogens is 212 g/mol. The van der Waals surface area contributed by atoms with Gasteiger partial charge in [-0.2, -0.15) is 0 Å². The molecule has 0 bridgehead atoms. The van der Waals surface area contributed by atoms with Crippen LogP contribution in [0.15, 0.2) is 0 Å². The van der Waals surface area contributed by atoms with Gasteiger partial charge in [0.2, 0.25) is 0 Å². The first-order valence-corrected chi connectivity index (χ1v) is 7.29. The van der Waals surface area contributed by atoms with E-state index in [1.807, 2.05) is 0 Å². The van der Waals surface area contributed by atoms with Crippen molar-refractivity contribution in [2.45, 2.75) is 39.5 Å². The summed E-state index contributed by atoms with van der Waals surface area (Å²) in [7, 11) is 0. The molecular formula is C15H22O2. The summed E-state index contributed by atoms with van der Waals surface area (Å²) in [4.78, 5) is 12.2. The van der Waals surface area contributed by atoms with Gasteiger partial charge in [0.05, 0.1) is 12.0 Å². The van der Waals surface area contributed by atoms with Gasteiger partial charge in [0.25, 0.3) is 0 Å². The molecule has 7 atom stereocenters. The summed E-state index contributed by atoms with van der Waals surface area (Å²) in [6.45, 7) is 5.32. The van der Waals surface area contributed by atoms with Gasteiger partial charge >= 0.3 is 5.97 Å². The Labute approximate surface area is 103 Å². The molecule has 1 heterocycles. The first-order valence-electron chi connectivity index (χ1n) is 7.29. The second-order valence-corrected chi connectivity index (χ2v) is 7.24. The highest BCUT2D eigenvalue weighted by atomic mass is 16.5. The van der Waals surface area contributed by atoms with Gasteiger partial charge in [0.15, 0.2) is 0 Å². The molecule has 0 aromatic rings. The molecule has 0 amide bonds. The van der Waals surface area contributed by atoms with Crippen LogP contribution < -0.4 is 0 Å². The minimum Gasteiger partial charge on any atom is -0.465 e. The van der Waals surface area contributed by atoms with E-state index in [0.29, 0.717) is 11.8 Å². The molecule has 0 radical (unpaired) electrons. The van der Waals surface area contributed by atoms with E-state index in [0.717, 1.165) is 30.3 Å². The molecule has 1 saturated heterocycles. The molecule has 0 spiro atoms. The maximum absolute atomic E-state index is 12.2. The van der Waals surface area contributed by atoms with Crippen LogP contribution in [0.5, 0.6) is 0 Å². The van der Waals surface area contributed by atoms with E-state index in [9.17, 15) is 4.79 Å². The number of cyclic esters (lactones) is 1. The van der Waals surface area contributed by atoms with Gasteiger partial charge in [-0.3, -0.25) is 4.79 Å². The van der Waals surface area contributed by atoms with Crippen molar-refractivity contribution in [3.05, 3.63) is 0 Å². The van der Waals surface area contributed by atoms with Gasteiger partial charge in [-0.1, -0.05) is 13.3 Å². The van der Waals surface area contributed by atoms with E-state index in [4.69, 9.17) is 4.74 Å². The zero-order valence-electron chi connectivity index (χ0n) is 10.8. The topological polar surface area (TPSA) is 26.3 Å². The van der Waals surface area contributed by atoms with Crippen molar-refractivity contribution in [1.82, 2.24) is 0 Å². The Morgan fingerprint density at radius 2 is 1.88 bits per heavy atom. The number of hydrogen-bond acceptors (Lipinski definition) is 2. The van der Waals surface area contributed by atoms with Crippen LogP contribution >= 0.6 is 0 Å². The zero-order valence-corrected chi connectivity index (χ0v) is 10.8. The lowest BCUT2D eigenvalue weighted by Gasteiger charge is -2.48. The van der Waals surface area contributed by atoms with Crippen LogP contribution in [0, 0.1) is 40.9 Å². The number of ether oxygens (including phenoxy) is 1. The van der Waals surface area contributed by atoms with Crippen molar-refractivity contribution < 1.29 is 9.53 Å². The fourth-order valence-electron chi connectivity index (χ4n) is 5.47. The highest BCUT2D eigenvalue weighted by Gasteiger charge is 2.68. The normalized spacial score (nSPS) is 60.0. The van der Waals surface area contributed by atoms with Gasteiger partial charge in [0, 0.05) is 5.92 Å². The van der Waals surface area contributed by atoms with E-state index < -0.39 is 0 Å². The lowest BCUT2D eigenvalue weighted by atomic mass is 9.53. The van der Waals surface area contributed by atoms with E-state index in [1.54, 1.807) is 0 Å². The second-order valence-electron chi connectivity index (χ2n) is 7.24. The Balaban J connectivity index is 1.74. The first-order chi connectivity index (χ1) is 8.12. The molecule has 1 aliphatic heterocycles. The average molecular weight is 234 g/mol. The van der Waals surface area contributed by atoms with Crippen LogP contribution in [-0.2, 0) is 9.53 Å². The predicted molar refractivity (Wildman–Crippen MR) is 64.1 cm³/mol. The van der Waals surface area contributed by atoms with Gasteiger partial charge in [-0.25, -0.2) is 0 Å². The Morgan fingerprint density at radius 3 is 2.71 bits per heavy atom. The zero-order chi connectivity index (χ0) is 11.8. The minimum atomic E-state index is -0.123. The summed E-state index contributed by atoms with van der Waals surface area (Å²) in [6, 6.07) is 0. The van der Waals surface area contributed by atoms with Gasteiger partial charge in [-0.15, -0.1) is 0 Å². The van der Waals surface area contributed by atoms with Gasteiger partial charge in [0.1, 0.15) is 0 Å². The fourth-order valence-corrected chi connectivity index (χ4v) is 5.47. The van der Waals surface area contributed by atoms with Crippen molar-refractivity contribution in [2.24, 2.45) is 40.9 Å². The van der Waals surface area contributed by atoms with Crippen molar-refractivity contribution in [2.75, 3.05) is 6.61 Å². The van der Waals surface area contributed by atoms with Crippen LogP contribution in [0.3, 0.4) is 0 Å². The third-order valence-electron chi connectivity index (χ3n) is 6.49. The molecule has 4 fully saturated rings. The molecule has 0 aromatic carbocycles. The fraction of sp³-hybridized carbons (Fsp3) is 0.933. The van der Waals surface area contributed by atoms with E-state index >= 15 is 0 Å². The number of hydrogen-bond donors (Lipinski definition) is 0. The van der Waals surface area contributed by atoms with Crippen molar-refractivity contribution in [3.8, 4) is 0 Å². The molecule has 17 heavy (non-hydrogen) atoms. The van der Waals surface area contributed by atoms with E-state index in [-0.39, 0.29) is 11.4 Å². The molecule has 7 unspecified atom stereocenters. The second kappa shape index (κ2) is 3.07. The summed E-state index contributed by atoms with van der Waals surface area (Å²) < 4.78 is 5.44. The highest BCUT2D eigenvalue weighted by Crippen LogP contribution is 2.69. The molecule has 4 aliphatic rings. The molecule has 4 rings (SSSR count). The lowest BCUT2D eigenvalue weighted by Crippen LogP contribution is -2.48. The summed E-state index contributed by atoms with van der Waals surface area (Å²) in [6.07, 6.45) is 5.32. The molecule has 2 heteroatoms. The third kappa shape index (κ3) is 1.15. The number of rotatable bonds is 0. The number of carbonyl (C=O) groups excluding carboxylic acids is 1. The summed E-state index contributed by atoms with van der Waals surface area (Å²) in [5.74, 6) is 4.76. The first kappa shape index (κ1) is 10.4. The molecule has 3 saturated carbocycles. The summed E-state index contributed by atoms with van der Waals surface area (Å²) >= 11 is 0. The average Bonchev–Trinajstić information content (AvgIpc) is 3.02. The maximum Gasteiger partial charge on any atom is 0.312 e. The smallest absolute Gasteiger partial charge is 0.312 e. The largest absolute Gasteiger partial charge is 0.465 e. The Morgan fingerprint density at radius 1 is 1.12 bits per heavy atom.